The number of rotatable bonds is 8. The zero-order valence-corrected chi connectivity index (χ0v) is 19.4. The number of carbonyl (C=O) groups is 1. The zero-order valence-electron chi connectivity index (χ0n) is 18.6. The highest BCUT2D eigenvalue weighted by molar-refractivity contribution is 7.92. The van der Waals surface area contributed by atoms with E-state index in [1.807, 2.05) is 6.92 Å². The lowest BCUT2D eigenvalue weighted by molar-refractivity contribution is 0.0974. The maximum atomic E-state index is 13.6. The van der Waals surface area contributed by atoms with Crippen LogP contribution in [0, 0.1) is 0 Å². The number of ether oxygens (including phenoxy) is 1. The van der Waals surface area contributed by atoms with Gasteiger partial charge in [0.25, 0.3) is 15.9 Å². The van der Waals surface area contributed by atoms with E-state index in [0.717, 1.165) is 0 Å². The molecule has 2 aromatic heterocycles. The minimum absolute atomic E-state index is 0.0594. The van der Waals surface area contributed by atoms with Crippen LogP contribution in [0.3, 0.4) is 0 Å². The molecule has 0 aliphatic heterocycles. The molecule has 4 rings (SSSR count). The van der Waals surface area contributed by atoms with Crippen molar-refractivity contribution >= 4 is 27.4 Å². The molecule has 0 saturated heterocycles. The molecular weight excluding hydrogens is 454 g/mol. The number of hydrogen-bond acceptors (Lipinski definition) is 6. The lowest BCUT2D eigenvalue weighted by atomic mass is 10.1. The second kappa shape index (κ2) is 9.80. The third-order valence-electron chi connectivity index (χ3n) is 5.20. The van der Waals surface area contributed by atoms with Crippen LogP contribution in [0.1, 0.15) is 29.1 Å². The van der Waals surface area contributed by atoms with E-state index in [9.17, 15) is 13.2 Å². The maximum absolute atomic E-state index is 13.6. The van der Waals surface area contributed by atoms with Crippen molar-refractivity contribution in [3.63, 3.8) is 0 Å². The average molecular weight is 478 g/mol. The van der Waals surface area contributed by atoms with Gasteiger partial charge in [-0.25, -0.2) is 13.4 Å². The molecule has 9 heteroatoms. The summed E-state index contributed by atoms with van der Waals surface area (Å²) in [5, 5.41) is 0. The molecule has 1 N–H and O–H groups in total. The van der Waals surface area contributed by atoms with Crippen molar-refractivity contribution in [2.45, 2.75) is 17.9 Å². The quantitative estimate of drug-likeness (QED) is 0.388. The van der Waals surface area contributed by atoms with Gasteiger partial charge in [-0.3, -0.25) is 14.4 Å². The number of methoxy groups -OCH3 is 1. The van der Waals surface area contributed by atoms with Gasteiger partial charge in [-0.2, -0.15) is 0 Å². The molecule has 0 saturated carbocycles. The van der Waals surface area contributed by atoms with Crippen LogP contribution in [0.2, 0.25) is 0 Å². The summed E-state index contributed by atoms with van der Waals surface area (Å²) >= 11 is 0. The number of carbonyl (C=O) groups excluding carboxylic acids is 1. The fourth-order valence-electron chi connectivity index (χ4n) is 3.50. The number of para-hydroxylation sites is 2. The van der Waals surface area contributed by atoms with Gasteiger partial charge in [-0.1, -0.05) is 24.3 Å². The first-order chi connectivity index (χ1) is 16.4. The standard InChI is InChI=1S/C25H23N3O5S/c1-18(22-13-8-16-33-22)28(24-14-5-6-15-26-24)25(29)19-9-7-10-20(17-19)34(30,31)27-21-11-3-4-12-23(21)32-2/h3-18,27H,1-2H3/t18-/m1/s1. The van der Waals surface area contributed by atoms with Gasteiger partial charge < -0.3 is 9.15 Å². The molecule has 1 atom stereocenters. The molecule has 0 bridgehead atoms. The number of aromatic nitrogens is 1. The number of hydrogen-bond donors (Lipinski definition) is 1. The Morgan fingerprint density at radius 1 is 1.03 bits per heavy atom. The maximum Gasteiger partial charge on any atom is 0.262 e. The fraction of sp³-hybridized carbons (Fsp3) is 0.120. The van der Waals surface area contributed by atoms with Crippen LogP contribution in [-0.4, -0.2) is 26.4 Å². The smallest absolute Gasteiger partial charge is 0.262 e. The molecule has 0 aliphatic carbocycles. The van der Waals surface area contributed by atoms with Crippen LogP contribution in [0.5, 0.6) is 5.75 Å². The van der Waals surface area contributed by atoms with Gasteiger partial charge in [-0.15, -0.1) is 0 Å². The molecular formula is C25H23N3O5S. The van der Waals surface area contributed by atoms with Gasteiger partial charge in [0.15, 0.2) is 0 Å². The number of sulfonamides is 1. The van der Waals surface area contributed by atoms with Crippen molar-refractivity contribution < 1.29 is 22.4 Å². The number of nitrogens with one attached hydrogen (secondary N) is 1. The van der Waals surface area contributed by atoms with Gasteiger partial charge in [0.05, 0.1) is 30.0 Å². The second-order valence-corrected chi connectivity index (χ2v) is 9.07. The van der Waals surface area contributed by atoms with E-state index in [1.165, 1.54) is 36.5 Å². The highest BCUT2D eigenvalue weighted by Gasteiger charge is 2.28. The predicted molar refractivity (Wildman–Crippen MR) is 128 cm³/mol. The lowest BCUT2D eigenvalue weighted by Gasteiger charge is -2.27. The topological polar surface area (TPSA) is 102 Å². The Hall–Kier alpha value is -4.11. The minimum atomic E-state index is -3.99. The van der Waals surface area contributed by atoms with Crippen LogP contribution >= 0.6 is 0 Å². The Morgan fingerprint density at radius 3 is 2.53 bits per heavy atom. The van der Waals surface area contributed by atoms with E-state index in [0.29, 0.717) is 23.0 Å². The normalized spacial score (nSPS) is 12.1. The van der Waals surface area contributed by atoms with Crippen LogP contribution in [0.4, 0.5) is 11.5 Å². The molecule has 2 heterocycles. The summed E-state index contributed by atoms with van der Waals surface area (Å²) in [5.41, 5.74) is 0.482. The van der Waals surface area contributed by atoms with Crippen molar-refractivity contribution in [1.82, 2.24) is 4.98 Å². The van der Waals surface area contributed by atoms with Crippen LogP contribution in [0.15, 0.2) is 101 Å². The van der Waals surface area contributed by atoms with Crippen LogP contribution < -0.4 is 14.4 Å². The van der Waals surface area contributed by atoms with Gasteiger partial charge in [-0.05, 0) is 61.5 Å². The summed E-state index contributed by atoms with van der Waals surface area (Å²) in [7, 11) is -2.53. The van der Waals surface area contributed by atoms with Crippen LogP contribution in [0.25, 0.3) is 0 Å². The third-order valence-corrected chi connectivity index (χ3v) is 6.56. The Labute approximate surface area is 197 Å². The van der Waals surface area contributed by atoms with Crippen molar-refractivity contribution in [3.8, 4) is 5.75 Å². The summed E-state index contributed by atoms with van der Waals surface area (Å²) in [6, 6.07) is 20.8. The van der Waals surface area contributed by atoms with E-state index in [2.05, 4.69) is 9.71 Å². The Kier molecular flexibility index (Phi) is 6.65. The summed E-state index contributed by atoms with van der Waals surface area (Å²) in [4.78, 5) is 19.4. The molecule has 2 aromatic carbocycles. The van der Waals surface area contributed by atoms with E-state index >= 15 is 0 Å². The number of anilines is 2. The summed E-state index contributed by atoms with van der Waals surface area (Å²) in [5.74, 6) is 0.946. The molecule has 0 fully saturated rings. The van der Waals surface area contributed by atoms with Crippen molar-refractivity contribution in [2.24, 2.45) is 0 Å². The number of benzene rings is 2. The highest BCUT2D eigenvalue weighted by atomic mass is 32.2. The average Bonchev–Trinajstić information content (AvgIpc) is 3.40. The van der Waals surface area contributed by atoms with Crippen LogP contribution in [-0.2, 0) is 10.0 Å². The Balaban J connectivity index is 1.69. The molecule has 0 unspecified atom stereocenters. The first kappa shape index (κ1) is 23.1. The van der Waals surface area contributed by atoms with E-state index in [-0.39, 0.29) is 10.5 Å². The first-order valence-corrected chi connectivity index (χ1v) is 11.9. The largest absolute Gasteiger partial charge is 0.495 e. The fourth-order valence-corrected chi connectivity index (χ4v) is 4.61. The second-order valence-electron chi connectivity index (χ2n) is 7.39. The minimum Gasteiger partial charge on any atom is -0.495 e. The number of pyridine rings is 1. The Bertz CT molecular complexity index is 1370. The highest BCUT2D eigenvalue weighted by Crippen LogP contribution is 2.29. The van der Waals surface area contributed by atoms with Gasteiger partial charge >= 0.3 is 0 Å². The number of nitrogens with zero attached hydrogens (tertiary/aromatic N) is 2. The molecule has 1 amide bonds. The summed E-state index contributed by atoms with van der Waals surface area (Å²) in [6.45, 7) is 1.81. The zero-order chi connectivity index (χ0) is 24.1. The molecule has 4 aromatic rings. The monoisotopic (exact) mass is 477 g/mol. The number of furan rings is 1. The van der Waals surface area contributed by atoms with E-state index < -0.39 is 22.0 Å². The Morgan fingerprint density at radius 2 is 1.82 bits per heavy atom. The van der Waals surface area contributed by atoms with Gasteiger partial charge in [0, 0.05) is 11.8 Å². The molecule has 34 heavy (non-hydrogen) atoms. The first-order valence-electron chi connectivity index (χ1n) is 10.4. The van der Waals surface area contributed by atoms with Crippen molar-refractivity contribution in [3.05, 3.63) is 103 Å². The SMILES string of the molecule is COc1ccccc1NS(=O)(=O)c1cccc(C(=O)N(c2ccccn2)[C@H](C)c2ccco2)c1. The molecule has 0 radical (unpaired) electrons. The van der Waals surface area contributed by atoms with Gasteiger partial charge in [0.1, 0.15) is 17.3 Å². The third kappa shape index (κ3) is 4.79. The molecule has 8 nitrogen and oxygen atoms in total. The summed E-state index contributed by atoms with van der Waals surface area (Å²) in [6.07, 6.45) is 3.12. The summed E-state index contributed by atoms with van der Waals surface area (Å²) < 4.78 is 39.4. The molecule has 0 aliphatic rings. The van der Waals surface area contributed by atoms with E-state index in [4.69, 9.17) is 9.15 Å². The number of amides is 1. The predicted octanol–water partition coefficient (Wildman–Crippen LogP) is 4.89. The molecule has 174 valence electrons. The molecule has 0 spiro atoms. The lowest BCUT2D eigenvalue weighted by Crippen LogP contribution is -2.34. The van der Waals surface area contributed by atoms with Crippen molar-refractivity contribution in [2.75, 3.05) is 16.7 Å². The van der Waals surface area contributed by atoms with Crippen molar-refractivity contribution in [1.29, 1.82) is 0 Å². The van der Waals surface area contributed by atoms with E-state index in [1.54, 1.807) is 66.9 Å². The van der Waals surface area contributed by atoms with Gasteiger partial charge in [0.2, 0.25) is 0 Å².